The fourth-order valence-electron chi connectivity index (χ4n) is 3.97. The van der Waals surface area contributed by atoms with Gasteiger partial charge < -0.3 is 5.32 Å². The molecule has 0 bridgehead atoms. The first-order valence-electron chi connectivity index (χ1n) is 10.3. The lowest BCUT2D eigenvalue weighted by molar-refractivity contribution is 0.885. The van der Waals surface area contributed by atoms with Gasteiger partial charge in [0, 0.05) is 0 Å². The lowest BCUT2D eigenvalue weighted by atomic mass is 9.98. The molecule has 5 nitrogen and oxygen atoms in total. The number of aryl methyl sites for hydroxylation is 2. The van der Waals surface area contributed by atoms with Gasteiger partial charge in [-0.15, -0.1) is 0 Å². The van der Waals surface area contributed by atoms with Crippen molar-refractivity contribution in [3.63, 3.8) is 0 Å². The van der Waals surface area contributed by atoms with Gasteiger partial charge >= 0.3 is 0 Å². The van der Waals surface area contributed by atoms with E-state index in [0.717, 1.165) is 28.1 Å². The number of aromatic nitrogens is 4. The molecule has 0 unspecified atom stereocenters. The van der Waals surface area contributed by atoms with Gasteiger partial charge in [0.25, 0.3) is 0 Å². The predicted molar refractivity (Wildman–Crippen MR) is 124 cm³/mol. The van der Waals surface area contributed by atoms with Gasteiger partial charge in [-0.05, 0) is 36.6 Å². The smallest absolute Gasteiger partial charge is 0.168 e. The molecular formula is C26H23N5. The first-order valence-corrected chi connectivity index (χ1v) is 10.3. The monoisotopic (exact) mass is 405 g/mol. The Labute approximate surface area is 181 Å². The molecule has 152 valence electrons. The lowest BCUT2D eigenvalue weighted by Gasteiger charge is -2.20. The largest absolute Gasteiger partial charge is 0.358 e. The molecule has 2 aromatic heterocycles. The van der Waals surface area contributed by atoms with E-state index in [1.54, 1.807) is 6.33 Å². The fourth-order valence-corrected chi connectivity index (χ4v) is 3.97. The minimum absolute atomic E-state index is 0.0371. The maximum absolute atomic E-state index is 4.64. The second-order valence-electron chi connectivity index (χ2n) is 7.70. The van der Waals surface area contributed by atoms with Crippen LogP contribution < -0.4 is 5.32 Å². The summed E-state index contributed by atoms with van der Waals surface area (Å²) >= 11 is 0. The van der Waals surface area contributed by atoms with Crippen molar-refractivity contribution in [2.45, 2.75) is 19.9 Å². The van der Waals surface area contributed by atoms with Crippen LogP contribution >= 0.6 is 0 Å². The Kier molecular flexibility index (Phi) is 4.92. The third-order valence-corrected chi connectivity index (χ3v) is 5.49. The van der Waals surface area contributed by atoms with E-state index in [-0.39, 0.29) is 6.04 Å². The highest BCUT2D eigenvalue weighted by atomic mass is 15.3. The van der Waals surface area contributed by atoms with Gasteiger partial charge in [0.05, 0.1) is 23.3 Å². The van der Waals surface area contributed by atoms with Crippen molar-refractivity contribution in [1.82, 2.24) is 19.7 Å². The molecule has 1 N–H and O–H groups in total. The van der Waals surface area contributed by atoms with Crippen molar-refractivity contribution in [1.29, 1.82) is 0 Å². The molecule has 0 saturated heterocycles. The first kappa shape index (κ1) is 19.0. The average Bonchev–Trinajstić information content (AvgIpc) is 3.23. The summed E-state index contributed by atoms with van der Waals surface area (Å²) in [6, 6.07) is 27.1. The van der Waals surface area contributed by atoms with Gasteiger partial charge in [0.1, 0.15) is 12.1 Å². The molecule has 0 saturated carbocycles. The van der Waals surface area contributed by atoms with E-state index in [9.17, 15) is 0 Å². The van der Waals surface area contributed by atoms with E-state index in [1.807, 2.05) is 23.0 Å². The maximum atomic E-state index is 4.64. The van der Waals surface area contributed by atoms with Crippen molar-refractivity contribution in [2.75, 3.05) is 5.32 Å². The number of rotatable bonds is 5. The van der Waals surface area contributed by atoms with Crippen LogP contribution in [-0.2, 0) is 0 Å². The molecule has 0 spiro atoms. The Morgan fingerprint density at radius 3 is 2.13 bits per heavy atom. The highest BCUT2D eigenvalue weighted by Gasteiger charge is 2.18. The van der Waals surface area contributed by atoms with Crippen LogP contribution in [0.2, 0.25) is 0 Å². The Morgan fingerprint density at radius 1 is 0.806 bits per heavy atom. The highest BCUT2D eigenvalue weighted by Crippen LogP contribution is 2.30. The molecule has 31 heavy (non-hydrogen) atoms. The Morgan fingerprint density at radius 2 is 1.48 bits per heavy atom. The van der Waals surface area contributed by atoms with Gasteiger partial charge in [-0.1, -0.05) is 78.4 Å². The van der Waals surface area contributed by atoms with Gasteiger partial charge in [-0.3, -0.25) is 0 Å². The zero-order valence-corrected chi connectivity index (χ0v) is 17.5. The van der Waals surface area contributed by atoms with Crippen LogP contribution in [-0.4, -0.2) is 19.7 Å². The first-order chi connectivity index (χ1) is 15.2. The van der Waals surface area contributed by atoms with Crippen molar-refractivity contribution in [3.8, 4) is 5.69 Å². The van der Waals surface area contributed by atoms with E-state index < -0.39 is 0 Å². The summed E-state index contributed by atoms with van der Waals surface area (Å²) in [6.07, 6.45) is 3.43. The molecule has 0 aliphatic carbocycles. The van der Waals surface area contributed by atoms with Crippen LogP contribution in [0.1, 0.15) is 28.3 Å². The molecule has 0 fully saturated rings. The van der Waals surface area contributed by atoms with Crippen LogP contribution in [0.3, 0.4) is 0 Å². The summed E-state index contributed by atoms with van der Waals surface area (Å²) in [5.74, 6) is 0.763. The van der Waals surface area contributed by atoms with Crippen molar-refractivity contribution < 1.29 is 0 Å². The van der Waals surface area contributed by atoms with Gasteiger partial charge in [-0.25, -0.2) is 14.6 Å². The van der Waals surface area contributed by atoms with Gasteiger partial charge in [-0.2, -0.15) is 5.10 Å². The Hall–Kier alpha value is -3.99. The van der Waals surface area contributed by atoms with Crippen LogP contribution in [0, 0.1) is 13.8 Å². The number of anilines is 1. The quantitative estimate of drug-likeness (QED) is 0.411. The summed E-state index contributed by atoms with van der Waals surface area (Å²) in [7, 11) is 0. The van der Waals surface area contributed by atoms with Gasteiger partial charge in [0.2, 0.25) is 0 Å². The number of hydrogen-bond acceptors (Lipinski definition) is 4. The second-order valence-corrected chi connectivity index (χ2v) is 7.70. The molecule has 2 heterocycles. The molecule has 0 atom stereocenters. The van der Waals surface area contributed by atoms with Crippen LogP contribution in [0.5, 0.6) is 0 Å². The Bertz CT molecular complexity index is 1290. The maximum Gasteiger partial charge on any atom is 0.168 e. The highest BCUT2D eigenvalue weighted by molar-refractivity contribution is 5.87. The molecule has 3 aromatic carbocycles. The standard InChI is InChI=1S/C26H23N5/c1-18-13-14-23(19(2)15-18)31-26-22(16-29-31)25(27-17-28-26)30-24(20-9-5-3-6-10-20)21-11-7-4-8-12-21/h3-17,24H,1-2H3,(H,27,28,30). The second kappa shape index (κ2) is 8.03. The lowest BCUT2D eigenvalue weighted by Crippen LogP contribution is -2.13. The number of hydrogen-bond donors (Lipinski definition) is 1. The van der Waals surface area contributed by atoms with E-state index >= 15 is 0 Å². The zero-order chi connectivity index (χ0) is 21.2. The normalized spacial score (nSPS) is 11.2. The third kappa shape index (κ3) is 3.66. The van der Waals surface area contributed by atoms with E-state index in [4.69, 9.17) is 0 Å². The summed E-state index contributed by atoms with van der Waals surface area (Å²) in [5.41, 5.74) is 6.52. The Balaban J connectivity index is 1.59. The van der Waals surface area contributed by atoms with Crippen molar-refractivity contribution >= 4 is 16.9 Å². The van der Waals surface area contributed by atoms with Crippen LogP contribution in [0.4, 0.5) is 5.82 Å². The SMILES string of the molecule is Cc1ccc(-n2ncc3c(NC(c4ccccc4)c4ccccc4)ncnc32)c(C)c1. The molecule has 5 heteroatoms. The molecule has 0 radical (unpaired) electrons. The minimum Gasteiger partial charge on any atom is -0.358 e. The van der Waals surface area contributed by atoms with Crippen LogP contribution in [0.25, 0.3) is 16.7 Å². The summed E-state index contributed by atoms with van der Waals surface area (Å²) in [5, 5.41) is 9.17. The molecule has 5 rings (SSSR count). The minimum atomic E-state index is -0.0371. The topological polar surface area (TPSA) is 55.6 Å². The summed E-state index contributed by atoms with van der Waals surface area (Å²) in [6.45, 7) is 4.19. The van der Waals surface area contributed by atoms with Crippen LogP contribution in [0.15, 0.2) is 91.4 Å². The third-order valence-electron chi connectivity index (χ3n) is 5.49. The molecule has 0 amide bonds. The number of benzene rings is 3. The number of nitrogens with zero attached hydrogens (tertiary/aromatic N) is 4. The molecule has 5 aromatic rings. The summed E-state index contributed by atoms with van der Waals surface area (Å²) < 4.78 is 1.89. The van der Waals surface area contributed by atoms with E-state index in [2.05, 4.69) is 101 Å². The average molecular weight is 406 g/mol. The van der Waals surface area contributed by atoms with E-state index in [1.165, 1.54) is 16.7 Å². The zero-order valence-electron chi connectivity index (χ0n) is 17.5. The number of nitrogens with one attached hydrogen (secondary N) is 1. The fraction of sp³-hybridized carbons (Fsp3) is 0.115. The summed E-state index contributed by atoms with van der Waals surface area (Å²) in [4.78, 5) is 9.11. The molecular weight excluding hydrogens is 382 g/mol. The number of fused-ring (bicyclic) bond motifs is 1. The van der Waals surface area contributed by atoms with Crippen molar-refractivity contribution in [3.05, 3.63) is 114 Å². The molecule has 0 aliphatic heterocycles. The molecule has 0 aliphatic rings. The van der Waals surface area contributed by atoms with E-state index in [0.29, 0.717) is 0 Å². The van der Waals surface area contributed by atoms with Crippen molar-refractivity contribution in [2.24, 2.45) is 0 Å². The van der Waals surface area contributed by atoms with Gasteiger partial charge in [0.15, 0.2) is 5.65 Å². The predicted octanol–water partition coefficient (Wildman–Crippen LogP) is 5.63.